The van der Waals surface area contributed by atoms with E-state index in [2.05, 4.69) is 24.8 Å². The van der Waals surface area contributed by atoms with E-state index in [0.29, 0.717) is 11.1 Å². The van der Waals surface area contributed by atoms with Gasteiger partial charge in [0.15, 0.2) is 11.6 Å². The molecule has 0 saturated heterocycles. The van der Waals surface area contributed by atoms with Crippen LogP contribution < -0.4 is 0 Å². The first-order chi connectivity index (χ1) is 10.5. The van der Waals surface area contributed by atoms with E-state index in [1.54, 1.807) is 12.1 Å². The average Bonchev–Trinajstić information content (AvgIpc) is 2.54. The quantitative estimate of drug-likeness (QED) is 0.699. The maximum absolute atomic E-state index is 11.5. The van der Waals surface area contributed by atoms with Crippen molar-refractivity contribution in [2.75, 3.05) is 0 Å². The van der Waals surface area contributed by atoms with Crippen molar-refractivity contribution in [2.24, 2.45) is 5.92 Å². The van der Waals surface area contributed by atoms with Crippen LogP contribution in [0, 0.1) is 19.8 Å². The van der Waals surface area contributed by atoms with Gasteiger partial charge in [0.1, 0.15) is 0 Å². The lowest BCUT2D eigenvalue weighted by atomic mass is 9.91. The maximum Gasteiger partial charge on any atom is 0.186 e. The fourth-order valence-corrected chi connectivity index (χ4v) is 2.59. The van der Waals surface area contributed by atoms with Gasteiger partial charge in [-0.15, -0.1) is 6.58 Å². The third-order valence-electron chi connectivity index (χ3n) is 4.19. The Kier molecular flexibility index (Phi) is 5.26. The molecular formula is C20H22O2. The van der Waals surface area contributed by atoms with Crippen LogP contribution in [-0.2, 0) is 0 Å². The highest BCUT2D eigenvalue weighted by Crippen LogP contribution is 2.21. The summed E-state index contributed by atoms with van der Waals surface area (Å²) in [6.07, 6.45) is 13.0. The molecule has 1 aromatic carbocycles. The first kappa shape index (κ1) is 16.2. The molecule has 0 heterocycles. The topological polar surface area (TPSA) is 34.1 Å². The van der Waals surface area contributed by atoms with E-state index in [1.165, 1.54) is 31.4 Å². The summed E-state index contributed by atoms with van der Waals surface area (Å²) in [5.41, 5.74) is 3.14. The summed E-state index contributed by atoms with van der Waals surface area (Å²) in [6.45, 7) is 7.62. The van der Waals surface area contributed by atoms with Crippen molar-refractivity contribution >= 4 is 11.6 Å². The summed E-state index contributed by atoms with van der Waals surface area (Å²) >= 11 is 0. The number of hydrogen-bond acceptors (Lipinski definition) is 2. The third-order valence-corrected chi connectivity index (χ3v) is 4.19. The van der Waals surface area contributed by atoms with Gasteiger partial charge >= 0.3 is 0 Å². The molecule has 3 rings (SSSR count). The Morgan fingerprint density at radius 1 is 1.00 bits per heavy atom. The minimum Gasteiger partial charge on any atom is -0.289 e. The van der Waals surface area contributed by atoms with E-state index in [1.807, 2.05) is 13.8 Å². The molecule has 0 saturated carbocycles. The number of benzene rings is 1. The predicted octanol–water partition coefficient (Wildman–Crippen LogP) is 4.77. The molecule has 2 aliphatic carbocycles. The van der Waals surface area contributed by atoms with Crippen molar-refractivity contribution in [1.29, 1.82) is 0 Å². The van der Waals surface area contributed by atoms with Crippen LogP contribution in [-0.4, -0.2) is 11.6 Å². The summed E-state index contributed by atoms with van der Waals surface area (Å²) in [5, 5.41) is 0. The number of carbonyl (C=O) groups is 2. The summed E-state index contributed by atoms with van der Waals surface area (Å²) in [7, 11) is 0. The molecular weight excluding hydrogens is 272 g/mol. The van der Waals surface area contributed by atoms with Crippen LogP contribution >= 0.6 is 0 Å². The van der Waals surface area contributed by atoms with E-state index in [0.717, 1.165) is 17.0 Å². The molecule has 1 aromatic rings. The van der Waals surface area contributed by atoms with Crippen LogP contribution in [0.2, 0.25) is 0 Å². The Morgan fingerprint density at radius 2 is 1.55 bits per heavy atom. The fraction of sp³-hybridized carbons (Fsp3) is 0.300. The van der Waals surface area contributed by atoms with Gasteiger partial charge in [0, 0.05) is 11.1 Å². The van der Waals surface area contributed by atoms with Gasteiger partial charge in [-0.1, -0.05) is 18.2 Å². The summed E-state index contributed by atoms with van der Waals surface area (Å²) in [5.74, 6) is 0.602. The molecule has 0 aliphatic heterocycles. The third kappa shape index (κ3) is 3.70. The second-order valence-electron chi connectivity index (χ2n) is 5.82. The number of rotatable bonds is 1. The lowest BCUT2D eigenvalue weighted by molar-refractivity contribution is 0.0994. The van der Waals surface area contributed by atoms with Crippen LogP contribution in [0.5, 0.6) is 0 Å². The largest absolute Gasteiger partial charge is 0.289 e. The predicted molar refractivity (Wildman–Crippen MR) is 90.4 cm³/mol. The maximum atomic E-state index is 11.5. The molecule has 2 heteroatoms. The highest BCUT2D eigenvalue weighted by Gasteiger charge is 2.19. The normalized spacial score (nSPS) is 19.3. The lowest BCUT2D eigenvalue weighted by Gasteiger charge is -2.11. The fourth-order valence-electron chi connectivity index (χ4n) is 2.59. The number of carbonyl (C=O) groups excluding carboxylic acids is 2. The highest BCUT2D eigenvalue weighted by atomic mass is 16.1. The van der Waals surface area contributed by atoms with Crippen LogP contribution in [0.3, 0.4) is 0 Å². The second kappa shape index (κ2) is 7.17. The zero-order valence-corrected chi connectivity index (χ0v) is 13.3. The van der Waals surface area contributed by atoms with Gasteiger partial charge in [0.05, 0.1) is 0 Å². The highest BCUT2D eigenvalue weighted by molar-refractivity contribution is 6.22. The second-order valence-corrected chi connectivity index (χ2v) is 5.82. The molecule has 1 atom stereocenters. The SMILES string of the molecule is C=CC1CC=CCC1.Cc1cc2c(cc1C)C(=O)C=CC2=O. The first-order valence-electron chi connectivity index (χ1n) is 7.68. The standard InChI is InChI=1S/C12H10O2.C8H12/c1-7-5-9-10(6-8(7)2)12(14)4-3-11(9)13;1-2-8-6-4-3-5-7-8/h3-6H,1-2H3;2-4,8H,1,5-7H2. The summed E-state index contributed by atoms with van der Waals surface area (Å²) < 4.78 is 0. The van der Waals surface area contributed by atoms with Crippen molar-refractivity contribution in [2.45, 2.75) is 33.1 Å². The lowest BCUT2D eigenvalue weighted by Crippen LogP contribution is -2.12. The van der Waals surface area contributed by atoms with Crippen molar-refractivity contribution in [3.05, 3.63) is 71.3 Å². The Hall–Kier alpha value is -2.22. The van der Waals surface area contributed by atoms with Crippen molar-refractivity contribution in [3.63, 3.8) is 0 Å². The first-order valence-corrected chi connectivity index (χ1v) is 7.68. The molecule has 2 aliphatic rings. The van der Waals surface area contributed by atoms with Crippen molar-refractivity contribution in [3.8, 4) is 0 Å². The molecule has 0 N–H and O–H groups in total. The van der Waals surface area contributed by atoms with Crippen molar-refractivity contribution < 1.29 is 9.59 Å². The Labute approximate surface area is 132 Å². The number of allylic oxidation sites excluding steroid dienone is 5. The monoisotopic (exact) mass is 294 g/mol. The average molecular weight is 294 g/mol. The molecule has 2 nitrogen and oxygen atoms in total. The Bertz CT molecular complexity index is 620. The number of aryl methyl sites for hydroxylation is 2. The molecule has 0 radical (unpaired) electrons. The molecule has 0 spiro atoms. The zero-order chi connectivity index (χ0) is 16.1. The number of hydrogen-bond donors (Lipinski definition) is 0. The minimum atomic E-state index is -0.0808. The number of fused-ring (bicyclic) bond motifs is 1. The number of ketones is 2. The van der Waals surface area contributed by atoms with Crippen LogP contribution in [0.1, 0.15) is 51.1 Å². The van der Waals surface area contributed by atoms with Crippen LogP contribution in [0.25, 0.3) is 0 Å². The van der Waals surface area contributed by atoms with Gasteiger partial charge in [-0.2, -0.15) is 0 Å². The van der Waals surface area contributed by atoms with Gasteiger partial charge < -0.3 is 0 Å². The summed E-state index contributed by atoms with van der Waals surface area (Å²) in [6, 6.07) is 3.57. The van der Waals surface area contributed by atoms with Gasteiger partial charge in [0.25, 0.3) is 0 Å². The van der Waals surface area contributed by atoms with E-state index in [4.69, 9.17) is 0 Å². The smallest absolute Gasteiger partial charge is 0.186 e. The molecule has 1 unspecified atom stereocenters. The van der Waals surface area contributed by atoms with Gasteiger partial charge in [-0.25, -0.2) is 0 Å². The molecule has 0 amide bonds. The van der Waals surface area contributed by atoms with E-state index >= 15 is 0 Å². The van der Waals surface area contributed by atoms with Crippen molar-refractivity contribution in [1.82, 2.24) is 0 Å². The Balaban J connectivity index is 0.000000188. The molecule has 0 bridgehead atoms. The van der Waals surface area contributed by atoms with Crippen LogP contribution in [0.4, 0.5) is 0 Å². The summed E-state index contributed by atoms with van der Waals surface area (Å²) in [4.78, 5) is 22.9. The van der Waals surface area contributed by atoms with E-state index < -0.39 is 0 Å². The molecule has 0 aromatic heterocycles. The van der Waals surface area contributed by atoms with Gasteiger partial charge in [0.2, 0.25) is 0 Å². The Morgan fingerprint density at radius 3 is 1.91 bits per heavy atom. The van der Waals surface area contributed by atoms with Gasteiger partial charge in [-0.05, 0) is 74.4 Å². The molecule has 0 fully saturated rings. The van der Waals surface area contributed by atoms with E-state index in [-0.39, 0.29) is 11.6 Å². The van der Waals surface area contributed by atoms with E-state index in [9.17, 15) is 9.59 Å². The van der Waals surface area contributed by atoms with Crippen LogP contribution in [0.15, 0.2) is 49.1 Å². The molecule has 22 heavy (non-hydrogen) atoms. The zero-order valence-electron chi connectivity index (χ0n) is 13.3. The minimum absolute atomic E-state index is 0.0808. The van der Waals surface area contributed by atoms with Gasteiger partial charge in [-0.3, -0.25) is 9.59 Å². The molecule has 114 valence electrons.